The Morgan fingerprint density at radius 1 is 1.29 bits per heavy atom. The molecule has 28 heavy (non-hydrogen) atoms. The summed E-state index contributed by atoms with van der Waals surface area (Å²) in [6.45, 7) is 0. The van der Waals surface area contributed by atoms with Crippen molar-refractivity contribution in [2.75, 3.05) is 11.1 Å². The molecule has 0 bridgehead atoms. The third kappa shape index (κ3) is 3.03. The Kier molecular flexibility index (Phi) is 3.90. The lowest BCUT2D eigenvalue weighted by Crippen LogP contribution is -2.05. The van der Waals surface area contributed by atoms with Gasteiger partial charge in [0.25, 0.3) is 0 Å². The third-order valence-corrected chi connectivity index (χ3v) is 5.25. The van der Waals surface area contributed by atoms with E-state index in [2.05, 4.69) is 35.5 Å². The van der Waals surface area contributed by atoms with Crippen LogP contribution in [-0.2, 0) is 6.42 Å². The van der Waals surface area contributed by atoms with Gasteiger partial charge < -0.3 is 16.0 Å². The van der Waals surface area contributed by atoms with Crippen LogP contribution >= 0.6 is 11.6 Å². The number of rotatable bonds is 5. The molecule has 142 valence electrons. The highest BCUT2D eigenvalue weighted by atomic mass is 35.5. The van der Waals surface area contributed by atoms with E-state index in [0.29, 0.717) is 35.0 Å². The van der Waals surface area contributed by atoms with Gasteiger partial charge in [-0.1, -0.05) is 17.7 Å². The lowest BCUT2D eigenvalue weighted by Gasteiger charge is -2.11. The number of nitrogens with one attached hydrogen (secondary N) is 3. The van der Waals surface area contributed by atoms with E-state index in [1.165, 1.54) is 0 Å². The molecule has 5 rings (SSSR count). The number of nitrogens with zero attached hydrogens (tertiary/aromatic N) is 4. The predicted molar refractivity (Wildman–Crippen MR) is 104 cm³/mol. The minimum atomic E-state index is -0.794. The number of benzene rings is 1. The maximum absolute atomic E-state index is 13.3. The van der Waals surface area contributed by atoms with E-state index in [4.69, 9.17) is 17.3 Å². The smallest absolute Gasteiger partial charge is 0.221 e. The second kappa shape index (κ2) is 6.45. The van der Waals surface area contributed by atoms with Crippen molar-refractivity contribution in [1.29, 1.82) is 0 Å². The highest BCUT2D eigenvalue weighted by molar-refractivity contribution is 6.35. The Labute approximate surface area is 163 Å². The van der Waals surface area contributed by atoms with E-state index >= 15 is 0 Å². The van der Waals surface area contributed by atoms with E-state index in [9.17, 15) is 4.39 Å². The lowest BCUT2D eigenvalue weighted by atomic mass is 10.1. The van der Waals surface area contributed by atoms with Crippen molar-refractivity contribution in [3.63, 3.8) is 0 Å². The van der Waals surface area contributed by atoms with Gasteiger partial charge in [-0.3, -0.25) is 5.10 Å². The van der Waals surface area contributed by atoms with Crippen LogP contribution in [0.15, 0.2) is 30.7 Å². The molecule has 10 heteroatoms. The van der Waals surface area contributed by atoms with Gasteiger partial charge in [-0.25, -0.2) is 14.4 Å². The minimum Gasteiger partial charge on any atom is -0.368 e. The van der Waals surface area contributed by atoms with Crippen molar-refractivity contribution in [2.24, 2.45) is 0 Å². The van der Waals surface area contributed by atoms with Crippen molar-refractivity contribution in [1.82, 2.24) is 30.1 Å². The monoisotopic (exact) mass is 398 g/mol. The molecule has 2 atom stereocenters. The zero-order chi connectivity index (χ0) is 19.3. The third-order valence-electron chi connectivity index (χ3n) is 4.83. The van der Waals surface area contributed by atoms with Crippen LogP contribution in [0, 0.1) is 0 Å². The molecule has 0 unspecified atom stereocenters. The van der Waals surface area contributed by atoms with Gasteiger partial charge in [0.05, 0.1) is 16.9 Å². The Morgan fingerprint density at radius 3 is 2.96 bits per heavy atom. The summed E-state index contributed by atoms with van der Waals surface area (Å²) in [7, 11) is 0. The van der Waals surface area contributed by atoms with Gasteiger partial charge in [0.15, 0.2) is 5.82 Å². The summed E-state index contributed by atoms with van der Waals surface area (Å²) in [5.74, 6) is 1.11. The lowest BCUT2D eigenvalue weighted by molar-refractivity contribution is 0.466. The Hall–Kier alpha value is -3.20. The SMILES string of the molecule is Nc1ncc(Cc2ccc3[nH]cnc3c2Cl)c(Nc2cc([C@@H]3C[C@@H]3F)[nH]n2)n1. The average molecular weight is 399 g/mol. The quantitative estimate of drug-likeness (QED) is 0.408. The molecule has 0 amide bonds. The molecule has 5 N–H and O–H groups in total. The molecule has 3 heterocycles. The molecule has 1 aliphatic rings. The van der Waals surface area contributed by atoms with E-state index in [0.717, 1.165) is 22.3 Å². The normalized spacial score (nSPS) is 18.5. The van der Waals surface area contributed by atoms with Crippen LogP contribution in [-0.4, -0.2) is 36.3 Å². The summed E-state index contributed by atoms with van der Waals surface area (Å²) in [6.07, 6.45) is 3.48. The van der Waals surface area contributed by atoms with Gasteiger partial charge in [-0.2, -0.15) is 10.1 Å². The van der Waals surface area contributed by atoms with Crippen LogP contribution in [0.4, 0.5) is 22.0 Å². The molecule has 0 spiro atoms. The molecule has 1 saturated carbocycles. The number of fused-ring (bicyclic) bond motifs is 1. The number of anilines is 3. The van der Waals surface area contributed by atoms with Crippen molar-refractivity contribution < 1.29 is 4.39 Å². The predicted octanol–water partition coefficient (Wildman–Crippen LogP) is 3.47. The molecular formula is C18H16ClFN8. The van der Waals surface area contributed by atoms with Crippen LogP contribution < -0.4 is 11.1 Å². The first kappa shape index (κ1) is 16.9. The molecule has 0 radical (unpaired) electrons. The fourth-order valence-electron chi connectivity index (χ4n) is 3.21. The topological polar surface area (TPSA) is 121 Å². The van der Waals surface area contributed by atoms with Crippen LogP contribution in [0.1, 0.15) is 29.2 Å². The summed E-state index contributed by atoms with van der Waals surface area (Å²) in [6, 6.07) is 5.65. The summed E-state index contributed by atoms with van der Waals surface area (Å²) >= 11 is 6.51. The molecular weight excluding hydrogens is 383 g/mol. The van der Waals surface area contributed by atoms with Crippen molar-refractivity contribution in [3.8, 4) is 0 Å². The highest BCUT2D eigenvalue weighted by Gasteiger charge is 2.40. The van der Waals surface area contributed by atoms with Crippen molar-refractivity contribution >= 4 is 40.2 Å². The van der Waals surface area contributed by atoms with E-state index in [1.807, 2.05) is 12.1 Å². The molecule has 0 aliphatic heterocycles. The van der Waals surface area contributed by atoms with Crippen molar-refractivity contribution in [3.05, 3.63) is 52.6 Å². The Balaban J connectivity index is 1.44. The summed E-state index contributed by atoms with van der Waals surface area (Å²) in [5.41, 5.74) is 9.81. The van der Waals surface area contributed by atoms with Gasteiger partial charge >= 0.3 is 0 Å². The van der Waals surface area contributed by atoms with E-state index in [1.54, 1.807) is 18.6 Å². The first-order valence-corrected chi connectivity index (χ1v) is 9.14. The molecule has 1 aliphatic carbocycles. The Morgan fingerprint density at radius 2 is 2.14 bits per heavy atom. The number of H-pyrrole nitrogens is 2. The molecule has 1 fully saturated rings. The number of imidazole rings is 1. The number of nitrogen functional groups attached to an aromatic ring is 1. The fraction of sp³-hybridized carbons (Fsp3) is 0.222. The van der Waals surface area contributed by atoms with Gasteiger partial charge in [0.2, 0.25) is 5.95 Å². The number of aromatic nitrogens is 6. The van der Waals surface area contributed by atoms with Crippen molar-refractivity contribution in [2.45, 2.75) is 24.9 Å². The zero-order valence-electron chi connectivity index (χ0n) is 14.6. The molecule has 3 aromatic heterocycles. The van der Waals surface area contributed by atoms with Gasteiger partial charge in [-0.15, -0.1) is 0 Å². The number of aromatic amines is 2. The molecule has 0 saturated heterocycles. The number of hydrogen-bond donors (Lipinski definition) is 4. The minimum absolute atomic E-state index is 0.0997. The zero-order valence-corrected chi connectivity index (χ0v) is 15.3. The maximum Gasteiger partial charge on any atom is 0.221 e. The first-order chi connectivity index (χ1) is 13.6. The highest BCUT2D eigenvalue weighted by Crippen LogP contribution is 2.43. The Bertz CT molecular complexity index is 1170. The van der Waals surface area contributed by atoms with Crippen LogP contribution in [0.5, 0.6) is 0 Å². The van der Waals surface area contributed by atoms with Crippen LogP contribution in [0.2, 0.25) is 5.02 Å². The summed E-state index contributed by atoms with van der Waals surface area (Å²) in [4.78, 5) is 15.7. The summed E-state index contributed by atoms with van der Waals surface area (Å²) in [5, 5.41) is 10.8. The van der Waals surface area contributed by atoms with Crippen LogP contribution in [0.25, 0.3) is 11.0 Å². The maximum atomic E-state index is 13.3. The molecule has 1 aromatic carbocycles. The fourth-order valence-corrected chi connectivity index (χ4v) is 3.49. The number of alkyl halides is 1. The van der Waals surface area contributed by atoms with Crippen LogP contribution in [0.3, 0.4) is 0 Å². The average Bonchev–Trinajstić information content (AvgIpc) is 3.08. The number of hydrogen-bond acceptors (Lipinski definition) is 6. The number of halogens is 2. The van der Waals surface area contributed by atoms with E-state index in [-0.39, 0.29) is 11.9 Å². The largest absolute Gasteiger partial charge is 0.368 e. The number of nitrogens with two attached hydrogens (primary N) is 1. The van der Waals surface area contributed by atoms with Gasteiger partial charge in [0.1, 0.15) is 17.5 Å². The van der Waals surface area contributed by atoms with Gasteiger partial charge in [-0.05, 0) is 18.1 Å². The second-order valence-electron chi connectivity index (χ2n) is 6.81. The van der Waals surface area contributed by atoms with E-state index < -0.39 is 6.17 Å². The first-order valence-electron chi connectivity index (χ1n) is 8.76. The molecule has 4 aromatic rings. The van der Waals surface area contributed by atoms with Gasteiger partial charge in [0, 0.05) is 35.9 Å². The second-order valence-corrected chi connectivity index (χ2v) is 7.19. The standard InChI is InChI=1S/C18H16ClFN8/c19-15-8(1-2-12-16(15)24-7-23-12)3-9-6-22-18(21)26-17(9)25-14-5-13(27-28-14)10-4-11(10)20/h1-2,5-7,10-11H,3-4H2,(H,23,24)(H4,21,22,25,26,27,28)/t10-,11+/m1/s1. The molecule has 8 nitrogen and oxygen atoms in total. The summed E-state index contributed by atoms with van der Waals surface area (Å²) < 4.78 is 13.3.